The summed E-state index contributed by atoms with van der Waals surface area (Å²) in [5, 5.41) is 11.4. The molecule has 3 atom stereocenters. The van der Waals surface area contributed by atoms with Gasteiger partial charge in [-0.3, -0.25) is 0 Å². The molecule has 0 bridgehead atoms. The maximum absolute atomic E-state index is 13.4. The topological polar surface area (TPSA) is 46.2 Å². The Balaban J connectivity index is 2.60. The van der Waals surface area contributed by atoms with Crippen LogP contribution < -0.4 is 5.73 Å². The van der Waals surface area contributed by atoms with E-state index in [0.717, 1.165) is 6.92 Å². The number of alkyl halides is 3. The van der Waals surface area contributed by atoms with E-state index in [-0.39, 0.29) is 11.1 Å². The molecule has 2 nitrogen and oxygen atoms in total. The van der Waals surface area contributed by atoms with E-state index in [1.54, 1.807) is 12.1 Å². The molecule has 0 fully saturated rings. The van der Waals surface area contributed by atoms with E-state index in [1.165, 1.54) is 36.4 Å². The van der Waals surface area contributed by atoms with Gasteiger partial charge in [0.1, 0.15) is 6.10 Å². The minimum atomic E-state index is -4.60. The van der Waals surface area contributed by atoms with Gasteiger partial charge in [-0.25, -0.2) is 0 Å². The molecule has 0 aromatic heterocycles. The molecule has 2 aromatic rings. The number of aliphatic hydroxyl groups excluding tert-OH is 1. The molecule has 0 saturated carbocycles. The van der Waals surface area contributed by atoms with Crippen molar-refractivity contribution in [2.24, 2.45) is 11.7 Å². The second-order valence-corrected chi connectivity index (χ2v) is 6.53. The van der Waals surface area contributed by atoms with Gasteiger partial charge in [-0.15, -0.1) is 0 Å². The van der Waals surface area contributed by atoms with Gasteiger partial charge in [0.25, 0.3) is 0 Å². The van der Waals surface area contributed by atoms with E-state index in [9.17, 15) is 18.3 Å². The van der Waals surface area contributed by atoms with Crippen LogP contribution in [-0.4, -0.2) is 11.3 Å². The predicted octanol–water partition coefficient (Wildman–Crippen LogP) is 5.08. The third-order valence-corrected chi connectivity index (χ3v) is 4.66. The van der Waals surface area contributed by atoms with E-state index in [0.29, 0.717) is 10.0 Å². The number of rotatable bonds is 4. The van der Waals surface area contributed by atoms with Crippen LogP contribution in [0.25, 0.3) is 0 Å². The van der Waals surface area contributed by atoms with Crippen molar-refractivity contribution in [3.05, 3.63) is 69.7 Å². The molecule has 0 heterocycles. The molecular formula is C17H16Cl2F3NO. The SMILES string of the molecule is CC(C(F)(F)F)C(N)(c1ccc(Cl)cc1)C(O)c1cccc(Cl)c1. The Morgan fingerprint density at radius 1 is 1.00 bits per heavy atom. The monoisotopic (exact) mass is 377 g/mol. The average Bonchev–Trinajstić information content (AvgIpc) is 2.52. The molecule has 0 radical (unpaired) electrons. The summed E-state index contributed by atoms with van der Waals surface area (Å²) in [6, 6.07) is 11.6. The van der Waals surface area contributed by atoms with Crippen LogP contribution in [0.4, 0.5) is 13.2 Å². The zero-order chi connectivity index (χ0) is 18.1. The molecule has 2 rings (SSSR count). The van der Waals surface area contributed by atoms with Crippen molar-refractivity contribution in [3.8, 4) is 0 Å². The summed E-state index contributed by atoms with van der Waals surface area (Å²) >= 11 is 11.7. The zero-order valence-electron chi connectivity index (χ0n) is 12.7. The summed E-state index contributed by atoms with van der Waals surface area (Å²) in [4.78, 5) is 0. The van der Waals surface area contributed by atoms with Gasteiger partial charge in [0.2, 0.25) is 0 Å². The third-order valence-electron chi connectivity index (χ3n) is 4.17. The van der Waals surface area contributed by atoms with Crippen LogP contribution in [0.15, 0.2) is 48.5 Å². The molecule has 3 N–H and O–H groups in total. The van der Waals surface area contributed by atoms with Crippen LogP contribution in [-0.2, 0) is 5.54 Å². The van der Waals surface area contributed by atoms with Gasteiger partial charge in [0, 0.05) is 10.0 Å². The molecular weight excluding hydrogens is 362 g/mol. The highest BCUT2D eigenvalue weighted by molar-refractivity contribution is 6.30. The molecule has 130 valence electrons. The molecule has 0 aliphatic rings. The largest absolute Gasteiger partial charge is 0.393 e. The number of hydrogen-bond donors (Lipinski definition) is 2. The van der Waals surface area contributed by atoms with Crippen molar-refractivity contribution in [2.45, 2.75) is 24.7 Å². The minimum Gasteiger partial charge on any atom is -0.386 e. The van der Waals surface area contributed by atoms with Crippen LogP contribution in [0.5, 0.6) is 0 Å². The fourth-order valence-electron chi connectivity index (χ4n) is 2.61. The summed E-state index contributed by atoms with van der Waals surface area (Å²) in [6.45, 7) is 0.947. The summed E-state index contributed by atoms with van der Waals surface area (Å²) in [5.41, 5.74) is 4.40. The number of halogens is 5. The van der Waals surface area contributed by atoms with E-state index in [4.69, 9.17) is 28.9 Å². The second-order valence-electron chi connectivity index (χ2n) is 5.66. The molecule has 0 aliphatic carbocycles. The molecule has 0 spiro atoms. The molecule has 0 saturated heterocycles. The lowest BCUT2D eigenvalue weighted by atomic mass is 9.73. The van der Waals surface area contributed by atoms with Gasteiger partial charge in [0.15, 0.2) is 0 Å². The van der Waals surface area contributed by atoms with Crippen molar-refractivity contribution >= 4 is 23.2 Å². The van der Waals surface area contributed by atoms with Gasteiger partial charge >= 0.3 is 6.18 Å². The quantitative estimate of drug-likeness (QED) is 0.780. The van der Waals surface area contributed by atoms with Crippen LogP contribution in [0.3, 0.4) is 0 Å². The van der Waals surface area contributed by atoms with Crippen molar-refractivity contribution in [2.75, 3.05) is 0 Å². The fraction of sp³-hybridized carbons (Fsp3) is 0.294. The van der Waals surface area contributed by atoms with E-state index in [2.05, 4.69) is 0 Å². The molecule has 7 heteroatoms. The van der Waals surface area contributed by atoms with E-state index in [1.807, 2.05) is 0 Å². The van der Waals surface area contributed by atoms with Crippen LogP contribution >= 0.6 is 23.2 Å². The minimum absolute atomic E-state index is 0.129. The standard InChI is InChI=1S/C17H16Cl2F3NO/c1-10(17(20,21)22)16(23,12-5-7-13(18)8-6-12)15(24)11-3-2-4-14(19)9-11/h2-10,15,24H,23H2,1H3. The van der Waals surface area contributed by atoms with Gasteiger partial charge < -0.3 is 10.8 Å². The zero-order valence-corrected chi connectivity index (χ0v) is 14.2. The number of hydrogen-bond acceptors (Lipinski definition) is 2. The lowest BCUT2D eigenvalue weighted by molar-refractivity contribution is -0.200. The lowest BCUT2D eigenvalue weighted by Crippen LogP contribution is -2.53. The highest BCUT2D eigenvalue weighted by Gasteiger charge is 2.53. The van der Waals surface area contributed by atoms with Crippen molar-refractivity contribution in [3.63, 3.8) is 0 Å². The highest BCUT2D eigenvalue weighted by Crippen LogP contribution is 2.46. The van der Waals surface area contributed by atoms with Gasteiger partial charge in [-0.1, -0.05) is 54.4 Å². The van der Waals surface area contributed by atoms with E-state index >= 15 is 0 Å². The summed E-state index contributed by atoms with van der Waals surface area (Å²) in [7, 11) is 0. The van der Waals surface area contributed by atoms with Gasteiger partial charge in [0.05, 0.1) is 11.5 Å². The number of aliphatic hydroxyl groups is 1. The van der Waals surface area contributed by atoms with Crippen LogP contribution in [0.2, 0.25) is 10.0 Å². The first-order valence-electron chi connectivity index (χ1n) is 7.12. The smallest absolute Gasteiger partial charge is 0.386 e. The molecule has 0 aliphatic heterocycles. The van der Waals surface area contributed by atoms with Crippen LogP contribution in [0, 0.1) is 5.92 Å². The third kappa shape index (κ3) is 3.70. The Morgan fingerprint density at radius 3 is 2.08 bits per heavy atom. The number of nitrogens with two attached hydrogens (primary N) is 1. The first-order chi connectivity index (χ1) is 11.1. The Morgan fingerprint density at radius 2 is 1.58 bits per heavy atom. The van der Waals surface area contributed by atoms with Crippen LogP contribution in [0.1, 0.15) is 24.2 Å². The molecule has 24 heavy (non-hydrogen) atoms. The fourth-order valence-corrected chi connectivity index (χ4v) is 2.93. The van der Waals surface area contributed by atoms with Gasteiger partial charge in [-0.05, 0) is 35.4 Å². The maximum Gasteiger partial charge on any atom is 0.393 e. The predicted molar refractivity (Wildman–Crippen MR) is 88.9 cm³/mol. The number of benzene rings is 2. The lowest BCUT2D eigenvalue weighted by Gasteiger charge is -2.41. The Labute approximate surface area is 148 Å². The van der Waals surface area contributed by atoms with Crippen molar-refractivity contribution in [1.29, 1.82) is 0 Å². The molecule has 2 aromatic carbocycles. The highest BCUT2D eigenvalue weighted by atomic mass is 35.5. The normalized spacial score (nSPS) is 17.2. The van der Waals surface area contributed by atoms with E-state index < -0.39 is 23.7 Å². The Bertz CT molecular complexity index is 706. The maximum atomic E-state index is 13.4. The van der Waals surface area contributed by atoms with Crippen molar-refractivity contribution in [1.82, 2.24) is 0 Å². The summed E-state index contributed by atoms with van der Waals surface area (Å²) < 4.78 is 40.3. The first-order valence-corrected chi connectivity index (χ1v) is 7.87. The molecule has 3 unspecified atom stereocenters. The van der Waals surface area contributed by atoms with Crippen molar-refractivity contribution < 1.29 is 18.3 Å². The first kappa shape index (κ1) is 19.1. The average molecular weight is 378 g/mol. The Kier molecular flexibility index (Phi) is 5.50. The molecule has 0 amide bonds. The Hall–Kier alpha value is -1.27. The van der Waals surface area contributed by atoms with Gasteiger partial charge in [-0.2, -0.15) is 13.2 Å². The summed E-state index contributed by atoms with van der Waals surface area (Å²) in [6.07, 6.45) is -6.22. The second kappa shape index (κ2) is 6.92. The summed E-state index contributed by atoms with van der Waals surface area (Å²) in [5.74, 6) is -2.01.